The van der Waals surface area contributed by atoms with E-state index in [-0.39, 0.29) is 0 Å². The zero-order valence-electron chi connectivity index (χ0n) is 7.23. The number of thioether (sulfide) groups is 1. The molecule has 1 atom stereocenters. The Balaban J connectivity index is 1.98. The number of rotatable bonds is 4. The molecule has 0 aliphatic carbocycles. The van der Waals surface area contributed by atoms with Crippen LogP contribution in [0.15, 0.2) is 12.2 Å². The van der Waals surface area contributed by atoms with Gasteiger partial charge in [-0.3, -0.25) is 0 Å². The van der Waals surface area contributed by atoms with E-state index in [0.717, 1.165) is 12.5 Å². The van der Waals surface area contributed by atoms with Crippen LogP contribution in [0.3, 0.4) is 0 Å². The van der Waals surface area contributed by atoms with Crippen LogP contribution in [0.5, 0.6) is 0 Å². The van der Waals surface area contributed by atoms with Crippen molar-refractivity contribution in [3.05, 3.63) is 12.2 Å². The van der Waals surface area contributed by atoms with Gasteiger partial charge in [0.25, 0.3) is 0 Å². The van der Waals surface area contributed by atoms with Gasteiger partial charge in [-0.05, 0) is 37.3 Å². The smallest absolute Gasteiger partial charge is 0.0159 e. The Morgan fingerprint density at radius 1 is 1.73 bits per heavy atom. The molecule has 1 heterocycles. The maximum atomic E-state index is 3.85. The van der Waals surface area contributed by atoms with Crippen molar-refractivity contribution >= 4 is 11.8 Å². The Labute approximate surface area is 73.6 Å². The van der Waals surface area contributed by atoms with Gasteiger partial charge in [-0.25, -0.2) is 0 Å². The molecule has 1 rings (SSSR count). The highest BCUT2D eigenvalue weighted by Gasteiger charge is 2.13. The molecule has 1 fully saturated rings. The SMILES string of the molecule is C=C(C)CNCC1CCSC1. The Morgan fingerprint density at radius 2 is 2.55 bits per heavy atom. The lowest BCUT2D eigenvalue weighted by Crippen LogP contribution is -2.23. The van der Waals surface area contributed by atoms with Crippen LogP contribution in [0.4, 0.5) is 0 Å². The van der Waals surface area contributed by atoms with Gasteiger partial charge in [-0.2, -0.15) is 11.8 Å². The van der Waals surface area contributed by atoms with Crippen molar-refractivity contribution in [1.82, 2.24) is 5.32 Å². The molecule has 0 spiro atoms. The molecule has 2 heteroatoms. The summed E-state index contributed by atoms with van der Waals surface area (Å²) in [5.74, 6) is 3.63. The zero-order chi connectivity index (χ0) is 8.10. The normalized spacial score (nSPS) is 23.9. The fourth-order valence-corrected chi connectivity index (χ4v) is 2.52. The van der Waals surface area contributed by atoms with E-state index >= 15 is 0 Å². The first-order valence-corrected chi connectivity index (χ1v) is 5.37. The third-order valence-electron chi connectivity index (χ3n) is 1.88. The van der Waals surface area contributed by atoms with E-state index in [4.69, 9.17) is 0 Å². The van der Waals surface area contributed by atoms with Gasteiger partial charge in [0.05, 0.1) is 0 Å². The minimum Gasteiger partial charge on any atom is -0.313 e. The average molecular weight is 171 g/mol. The monoisotopic (exact) mass is 171 g/mol. The van der Waals surface area contributed by atoms with Crippen LogP contribution in [0.25, 0.3) is 0 Å². The lowest BCUT2D eigenvalue weighted by atomic mass is 10.1. The molecule has 1 nitrogen and oxygen atoms in total. The maximum Gasteiger partial charge on any atom is 0.0159 e. The number of hydrogen-bond donors (Lipinski definition) is 1. The van der Waals surface area contributed by atoms with E-state index in [2.05, 4.69) is 30.6 Å². The van der Waals surface area contributed by atoms with Crippen molar-refractivity contribution in [3.63, 3.8) is 0 Å². The van der Waals surface area contributed by atoms with Crippen molar-refractivity contribution in [2.75, 3.05) is 24.6 Å². The molecule has 0 amide bonds. The number of hydrogen-bond acceptors (Lipinski definition) is 2. The van der Waals surface area contributed by atoms with Gasteiger partial charge in [-0.1, -0.05) is 12.2 Å². The van der Waals surface area contributed by atoms with Crippen molar-refractivity contribution in [2.24, 2.45) is 5.92 Å². The molecule has 1 unspecified atom stereocenters. The predicted octanol–water partition coefficient (Wildman–Crippen LogP) is 1.91. The fourth-order valence-electron chi connectivity index (χ4n) is 1.23. The van der Waals surface area contributed by atoms with E-state index < -0.39 is 0 Å². The second kappa shape index (κ2) is 4.83. The largest absolute Gasteiger partial charge is 0.313 e. The first kappa shape index (κ1) is 9.14. The second-order valence-corrected chi connectivity index (χ2v) is 4.47. The van der Waals surface area contributed by atoms with E-state index in [1.54, 1.807) is 0 Å². The molecule has 0 aromatic carbocycles. The van der Waals surface area contributed by atoms with Crippen LogP contribution in [-0.2, 0) is 0 Å². The molecule has 0 aromatic rings. The van der Waals surface area contributed by atoms with E-state index in [1.165, 1.54) is 30.0 Å². The minimum absolute atomic E-state index is 0.916. The Bertz CT molecular complexity index is 128. The Kier molecular flexibility index (Phi) is 4.02. The van der Waals surface area contributed by atoms with Crippen molar-refractivity contribution < 1.29 is 0 Å². The molecular weight excluding hydrogens is 154 g/mol. The van der Waals surface area contributed by atoms with Crippen LogP contribution in [0.1, 0.15) is 13.3 Å². The highest BCUT2D eigenvalue weighted by Crippen LogP contribution is 2.22. The summed E-state index contributed by atoms with van der Waals surface area (Å²) in [7, 11) is 0. The topological polar surface area (TPSA) is 12.0 Å². The van der Waals surface area contributed by atoms with Crippen molar-refractivity contribution in [3.8, 4) is 0 Å². The van der Waals surface area contributed by atoms with Crippen LogP contribution < -0.4 is 5.32 Å². The van der Waals surface area contributed by atoms with E-state index in [1.807, 2.05) is 0 Å². The van der Waals surface area contributed by atoms with Crippen LogP contribution in [0, 0.1) is 5.92 Å². The summed E-state index contributed by atoms with van der Waals surface area (Å²) >= 11 is 2.08. The fraction of sp³-hybridized carbons (Fsp3) is 0.778. The maximum absolute atomic E-state index is 3.85. The third-order valence-corrected chi connectivity index (χ3v) is 3.12. The lowest BCUT2D eigenvalue weighted by molar-refractivity contribution is 0.539. The summed E-state index contributed by atoms with van der Waals surface area (Å²) in [5, 5.41) is 3.41. The Morgan fingerprint density at radius 3 is 3.09 bits per heavy atom. The standard InChI is InChI=1S/C9H17NS/c1-8(2)5-10-6-9-3-4-11-7-9/h9-10H,1,3-7H2,2H3. The molecule has 1 N–H and O–H groups in total. The second-order valence-electron chi connectivity index (χ2n) is 3.32. The zero-order valence-corrected chi connectivity index (χ0v) is 8.04. The average Bonchev–Trinajstić information content (AvgIpc) is 2.39. The predicted molar refractivity (Wildman–Crippen MR) is 53.1 cm³/mol. The molecule has 11 heavy (non-hydrogen) atoms. The molecule has 0 bridgehead atoms. The highest BCUT2D eigenvalue weighted by molar-refractivity contribution is 7.99. The van der Waals surface area contributed by atoms with Gasteiger partial charge >= 0.3 is 0 Å². The minimum atomic E-state index is 0.916. The highest BCUT2D eigenvalue weighted by atomic mass is 32.2. The van der Waals surface area contributed by atoms with Gasteiger partial charge in [0.15, 0.2) is 0 Å². The molecule has 0 radical (unpaired) electrons. The van der Waals surface area contributed by atoms with E-state index in [9.17, 15) is 0 Å². The van der Waals surface area contributed by atoms with Crippen molar-refractivity contribution in [2.45, 2.75) is 13.3 Å². The van der Waals surface area contributed by atoms with Gasteiger partial charge < -0.3 is 5.32 Å². The quantitative estimate of drug-likeness (QED) is 0.648. The first-order valence-electron chi connectivity index (χ1n) is 4.22. The van der Waals surface area contributed by atoms with Crippen LogP contribution in [0.2, 0.25) is 0 Å². The lowest BCUT2D eigenvalue weighted by Gasteiger charge is -2.08. The Hall–Kier alpha value is 0.0500. The van der Waals surface area contributed by atoms with Gasteiger partial charge in [-0.15, -0.1) is 0 Å². The van der Waals surface area contributed by atoms with Crippen LogP contribution in [-0.4, -0.2) is 24.6 Å². The van der Waals surface area contributed by atoms with E-state index in [0.29, 0.717) is 0 Å². The molecule has 0 saturated carbocycles. The summed E-state index contributed by atoms with van der Waals surface area (Å²) in [4.78, 5) is 0. The summed E-state index contributed by atoms with van der Waals surface area (Å²) in [6, 6.07) is 0. The van der Waals surface area contributed by atoms with Gasteiger partial charge in [0.1, 0.15) is 0 Å². The molecular formula is C9H17NS. The summed E-state index contributed by atoms with van der Waals surface area (Å²) in [5.41, 5.74) is 1.23. The van der Waals surface area contributed by atoms with Crippen molar-refractivity contribution in [1.29, 1.82) is 0 Å². The molecule has 0 aromatic heterocycles. The summed E-state index contributed by atoms with van der Waals surface area (Å²) in [6.45, 7) is 8.09. The summed E-state index contributed by atoms with van der Waals surface area (Å²) in [6.07, 6.45) is 1.40. The third kappa shape index (κ3) is 3.82. The molecule has 1 saturated heterocycles. The molecule has 1 aliphatic rings. The summed E-state index contributed by atoms with van der Waals surface area (Å²) < 4.78 is 0. The first-order chi connectivity index (χ1) is 5.29. The molecule has 1 aliphatic heterocycles. The van der Waals surface area contributed by atoms with Gasteiger partial charge in [0.2, 0.25) is 0 Å². The number of nitrogens with one attached hydrogen (secondary N) is 1. The molecule has 64 valence electrons. The van der Waals surface area contributed by atoms with Crippen LogP contribution >= 0.6 is 11.8 Å². The van der Waals surface area contributed by atoms with Gasteiger partial charge in [0, 0.05) is 6.54 Å².